The molecule has 0 fully saturated rings. The van der Waals surface area contributed by atoms with Gasteiger partial charge in [-0.05, 0) is 60.2 Å². The third-order valence-electron chi connectivity index (χ3n) is 5.26. The van der Waals surface area contributed by atoms with Crippen LogP contribution >= 0.6 is 0 Å². The fourth-order valence-corrected chi connectivity index (χ4v) is 4.42. The summed E-state index contributed by atoms with van der Waals surface area (Å²) < 4.78 is 55.4. The molecule has 0 saturated carbocycles. The number of hydrogen-bond donors (Lipinski definition) is 1. The highest BCUT2D eigenvalue weighted by Crippen LogP contribution is 2.32. The number of fused-ring (bicyclic) bond motifs is 1. The average Bonchev–Trinajstić information content (AvgIpc) is 3.29. The van der Waals surface area contributed by atoms with Crippen LogP contribution in [0, 0.1) is 5.82 Å². The van der Waals surface area contributed by atoms with Crippen molar-refractivity contribution in [1.29, 1.82) is 0 Å². The number of nitrogens with one attached hydrogen (secondary N) is 1. The lowest BCUT2D eigenvalue weighted by molar-refractivity contribution is 0.0950. The van der Waals surface area contributed by atoms with E-state index >= 15 is 0 Å². The van der Waals surface area contributed by atoms with Gasteiger partial charge < -0.3 is 19.5 Å². The molecule has 0 spiro atoms. The lowest BCUT2D eigenvalue weighted by Crippen LogP contribution is -2.30. The van der Waals surface area contributed by atoms with Gasteiger partial charge in [-0.2, -0.15) is 0 Å². The van der Waals surface area contributed by atoms with Crippen molar-refractivity contribution in [2.45, 2.75) is 13.1 Å². The van der Waals surface area contributed by atoms with Crippen LogP contribution in [0.5, 0.6) is 17.2 Å². The maximum Gasteiger partial charge on any atom is 0.251 e. The molecule has 4 rings (SSSR count). The first kappa shape index (κ1) is 23.4. The van der Waals surface area contributed by atoms with Crippen molar-refractivity contribution in [3.05, 3.63) is 83.2 Å². The van der Waals surface area contributed by atoms with E-state index in [0.717, 1.165) is 16.1 Å². The van der Waals surface area contributed by atoms with Crippen molar-refractivity contribution in [3.8, 4) is 17.2 Å². The van der Waals surface area contributed by atoms with Gasteiger partial charge in [0.2, 0.25) is 16.8 Å². The summed E-state index contributed by atoms with van der Waals surface area (Å²) in [6.45, 7) is 0.334. The standard InChI is InChI=1S/C24H23FN2O6S/c1-31-21-10-4-17(24(28)26-13-16-3-9-22-23(11-16)33-15-32-22)12-18(21)14-27(34(2,29)30)20-7-5-19(25)6-8-20/h3-12H,13-15H2,1-2H3,(H,26,28). The summed E-state index contributed by atoms with van der Waals surface area (Å²) in [4.78, 5) is 12.8. The Morgan fingerprint density at radius 1 is 1.06 bits per heavy atom. The maximum absolute atomic E-state index is 13.3. The summed E-state index contributed by atoms with van der Waals surface area (Å²) in [5, 5.41) is 2.84. The van der Waals surface area contributed by atoms with Crippen LogP contribution in [0.15, 0.2) is 60.7 Å². The highest BCUT2D eigenvalue weighted by atomic mass is 32.2. The number of benzene rings is 3. The highest BCUT2D eigenvalue weighted by Gasteiger charge is 2.21. The first-order chi connectivity index (χ1) is 16.2. The molecule has 0 aromatic heterocycles. The number of halogens is 1. The smallest absolute Gasteiger partial charge is 0.251 e. The molecule has 1 heterocycles. The summed E-state index contributed by atoms with van der Waals surface area (Å²) in [6, 6.07) is 15.3. The van der Waals surface area contributed by atoms with E-state index in [9.17, 15) is 17.6 Å². The quantitative estimate of drug-likeness (QED) is 0.524. The van der Waals surface area contributed by atoms with E-state index in [1.807, 2.05) is 6.07 Å². The number of carbonyl (C=O) groups is 1. The van der Waals surface area contributed by atoms with Crippen LogP contribution in [-0.4, -0.2) is 34.5 Å². The number of nitrogens with zero attached hydrogens (tertiary/aromatic N) is 1. The molecule has 0 radical (unpaired) electrons. The second kappa shape index (κ2) is 9.60. The molecule has 8 nitrogen and oxygen atoms in total. The van der Waals surface area contributed by atoms with Crippen LogP contribution in [0.25, 0.3) is 0 Å². The van der Waals surface area contributed by atoms with E-state index in [-0.39, 0.29) is 25.8 Å². The molecule has 1 amide bonds. The van der Waals surface area contributed by atoms with Gasteiger partial charge in [0.15, 0.2) is 11.5 Å². The van der Waals surface area contributed by atoms with Gasteiger partial charge in [0.1, 0.15) is 11.6 Å². The van der Waals surface area contributed by atoms with E-state index in [1.54, 1.807) is 30.3 Å². The zero-order valence-electron chi connectivity index (χ0n) is 18.6. The monoisotopic (exact) mass is 486 g/mol. The first-order valence-corrected chi connectivity index (χ1v) is 12.2. The molecule has 0 aliphatic carbocycles. The van der Waals surface area contributed by atoms with E-state index in [1.165, 1.54) is 31.4 Å². The minimum absolute atomic E-state index is 0.100. The van der Waals surface area contributed by atoms with Crippen LogP contribution in [0.4, 0.5) is 10.1 Å². The Labute approximate surface area is 196 Å². The number of ether oxygens (including phenoxy) is 3. The van der Waals surface area contributed by atoms with Gasteiger partial charge in [0.05, 0.1) is 25.6 Å². The Kier molecular flexibility index (Phi) is 6.60. The zero-order chi connectivity index (χ0) is 24.3. The molecule has 0 unspecified atom stereocenters. The Bertz CT molecular complexity index is 1310. The van der Waals surface area contributed by atoms with Crippen molar-refractivity contribution in [2.24, 2.45) is 0 Å². The predicted octanol–water partition coefficient (Wildman–Crippen LogP) is 3.46. The SMILES string of the molecule is COc1ccc(C(=O)NCc2ccc3c(c2)OCO3)cc1CN(c1ccc(F)cc1)S(C)(=O)=O. The maximum atomic E-state index is 13.3. The minimum atomic E-state index is -3.71. The molecule has 3 aromatic rings. The van der Waals surface area contributed by atoms with E-state index in [0.29, 0.717) is 34.1 Å². The number of carbonyl (C=O) groups excluding carboxylic acids is 1. The molecular formula is C24H23FN2O6S. The number of methoxy groups -OCH3 is 1. The average molecular weight is 487 g/mol. The number of sulfonamides is 1. The molecule has 0 bridgehead atoms. The fourth-order valence-electron chi connectivity index (χ4n) is 3.54. The molecule has 1 aliphatic rings. The Hall–Kier alpha value is -3.79. The second-order valence-corrected chi connectivity index (χ2v) is 9.55. The van der Waals surface area contributed by atoms with Crippen LogP contribution in [-0.2, 0) is 23.1 Å². The molecule has 1 aliphatic heterocycles. The van der Waals surface area contributed by atoms with Crippen molar-refractivity contribution in [1.82, 2.24) is 5.32 Å². The van der Waals surface area contributed by atoms with E-state index in [4.69, 9.17) is 14.2 Å². The number of rotatable bonds is 8. The van der Waals surface area contributed by atoms with E-state index in [2.05, 4.69) is 5.32 Å². The number of amides is 1. The van der Waals surface area contributed by atoms with E-state index < -0.39 is 15.8 Å². The molecular weight excluding hydrogens is 463 g/mol. The second-order valence-electron chi connectivity index (χ2n) is 7.64. The third-order valence-corrected chi connectivity index (χ3v) is 6.40. The number of hydrogen-bond acceptors (Lipinski definition) is 6. The van der Waals surface area contributed by atoms with Crippen LogP contribution < -0.4 is 23.8 Å². The topological polar surface area (TPSA) is 94.2 Å². The summed E-state index contributed by atoms with van der Waals surface area (Å²) in [5.74, 6) is 0.889. The molecule has 1 N–H and O–H groups in total. The lowest BCUT2D eigenvalue weighted by Gasteiger charge is -2.24. The normalized spacial score (nSPS) is 12.3. The Morgan fingerprint density at radius 3 is 2.50 bits per heavy atom. The summed E-state index contributed by atoms with van der Waals surface area (Å²) >= 11 is 0. The first-order valence-electron chi connectivity index (χ1n) is 10.3. The third kappa shape index (κ3) is 5.23. The number of anilines is 1. The zero-order valence-corrected chi connectivity index (χ0v) is 19.4. The Morgan fingerprint density at radius 2 is 1.79 bits per heavy atom. The molecule has 178 valence electrons. The lowest BCUT2D eigenvalue weighted by atomic mass is 10.1. The van der Waals surface area contributed by atoms with Crippen molar-refractivity contribution in [3.63, 3.8) is 0 Å². The molecule has 0 atom stereocenters. The van der Waals surface area contributed by atoms with Gasteiger partial charge in [-0.25, -0.2) is 12.8 Å². The summed E-state index contributed by atoms with van der Waals surface area (Å²) in [7, 11) is -2.25. The summed E-state index contributed by atoms with van der Waals surface area (Å²) in [5.41, 5.74) is 1.95. The molecule has 3 aromatic carbocycles. The van der Waals surface area contributed by atoms with Crippen LogP contribution in [0.2, 0.25) is 0 Å². The highest BCUT2D eigenvalue weighted by molar-refractivity contribution is 7.92. The van der Waals surface area contributed by atoms with Crippen molar-refractivity contribution < 1.29 is 31.8 Å². The van der Waals surface area contributed by atoms with Gasteiger partial charge in [-0.3, -0.25) is 9.10 Å². The molecule has 34 heavy (non-hydrogen) atoms. The van der Waals surface area contributed by atoms with Gasteiger partial charge in [-0.1, -0.05) is 6.07 Å². The molecule has 0 saturated heterocycles. The van der Waals surface area contributed by atoms with Crippen molar-refractivity contribution in [2.75, 3.05) is 24.5 Å². The van der Waals surface area contributed by atoms with Crippen LogP contribution in [0.3, 0.4) is 0 Å². The Balaban J connectivity index is 1.54. The van der Waals surface area contributed by atoms with Gasteiger partial charge in [0, 0.05) is 17.7 Å². The summed E-state index contributed by atoms with van der Waals surface area (Å²) in [6.07, 6.45) is 1.06. The largest absolute Gasteiger partial charge is 0.496 e. The fraction of sp³-hybridized carbons (Fsp3) is 0.208. The van der Waals surface area contributed by atoms with Gasteiger partial charge in [0.25, 0.3) is 5.91 Å². The van der Waals surface area contributed by atoms with Gasteiger partial charge in [-0.15, -0.1) is 0 Å². The van der Waals surface area contributed by atoms with Crippen LogP contribution in [0.1, 0.15) is 21.5 Å². The molecule has 10 heteroatoms. The predicted molar refractivity (Wildman–Crippen MR) is 124 cm³/mol. The minimum Gasteiger partial charge on any atom is -0.496 e. The van der Waals surface area contributed by atoms with Gasteiger partial charge >= 0.3 is 0 Å². The van der Waals surface area contributed by atoms with Crippen molar-refractivity contribution >= 4 is 21.6 Å².